The minimum atomic E-state index is -0.522. The van der Waals surface area contributed by atoms with E-state index in [-0.39, 0.29) is 29.6 Å². The maximum absolute atomic E-state index is 12.7. The number of hydrogen-bond acceptors (Lipinski definition) is 8. The lowest BCUT2D eigenvalue weighted by Crippen LogP contribution is -2.11. The predicted molar refractivity (Wildman–Crippen MR) is 125 cm³/mol. The zero-order chi connectivity index (χ0) is 23.3. The summed E-state index contributed by atoms with van der Waals surface area (Å²) >= 11 is 7.55. The van der Waals surface area contributed by atoms with Crippen molar-refractivity contribution in [2.75, 3.05) is 34.0 Å². The van der Waals surface area contributed by atoms with Crippen LogP contribution in [0.25, 0.3) is 21.3 Å². The fourth-order valence-electron chi connectivity index (χ4n) is 3.00. The second-order valence-corrected chi connectivity index (χ2v) is 8.02. The highest BCUT2D eigenvalue weighted by molar-refractivity contribution is 7.20. The van der Waals surface area contributed by atoms with Gasteiger partial charge in [-0.1, -0.05) is 17.7 Å². The molecule has 2 aromatic heterocycles. The monoisotopic (exact) mass is 478 g/mol. The van der Waals surface area contributed by atoms with Gasteiger partial charge >= 0.3 is 5.97 Å². The summed E-state index contributed by atoms with van der Waals surface area (Å²) in [5, 5.41) is 0.565. The van der Waals surface area contributed by atoms with Crippen LogP contribution >= 0.6 is 22.9 Å². The van der Waals surface area contributed by atoms with Crippen molar-refractivity contribution < 1.29 is 23.7 Å². The van der Waals surface area contributed by atoms with Crippen molar-refractivity contribution in [3.05, 3.63) is 50.4 Å². The number of hydrogen-bond donors (Lipinski definition) is 1. The molecule has 170 valence electrons. The highest BCUT2D eigenvalue weighted by Crippen LogP contribution is 2.31. The highest BCUT2D eigenvalue weighted by Gasteiger charge is 2.21. The molecule has 0 amide bonds. The topological polar surface area (TPSA) is 99.7 Å². The number of nitrogens with zero attached hydrogens (tertiary/aromatic N) is 1. The Morgan fingerprint density at radius 2 is 2.03 bits per heavy atom. The minimum Gasteiger partial charge on any atom is -0.493 e. The SMILES string of the molecule is CCOc1ccc(/C=C(\Cl)c2nc3sc(C(=O)OCCOC)c(C)c3c(=O)[nH]2)cc1OC. The fourth-order valence-corrected chi connectivity index (χ4v) is 4.29. The van der Waals surface area contributed by atoms with E-state index >= 15 is 0 Å². The quantitative estimate of drug-likeness (QED) is 0.362. The molecule has 0 saturated carbocycles. The number of methoxy groups -OCH3 is 2. The third kappa shape index (κ3) is 5.12. The number of rotatable bonds is 9. The standard InChI is InChI=1S/C22H23ClN2O6S/c1-5-30-15-7-6-13(11-16(15)29-4)10-14(23)19-24-20(26)17-12(2)18(32-21(17)25-19)22(27)31-9-8-28-3/h6-7,10-11H,5,8-9H2,1-4H3,(H,24,25,26)/b14-10-. The highest BCUT2D eigenvalue weighted by atomic mass is 35.5. The molecule has 1 aromatic carbocycles. The smallest absolute Gasteiger partial charge is 0.348 e. The number of esters is 1. The summed E-state index contributed by atoms with van der Waals surface area (Å²) in [6.07, 6.45) is 1.66. The largest absolute Gasteiger partial charge is 0.493 e. The van der Waals surface area contributed by atoms with E-state index in [2.05, 4.69) is 9.97 Å². The zero-order valence-corrected chi connectivity index (χ0v) is 19.7. The number of benzene rings is 1. The van der Waals surface area contributed by atoms with Gasteiger partial charge in [0.25, 0.3) is 5.56 Å². The molecular weight excluding hydrogens is 456 g/mol. The molecule has 2 heterocycles. The van der Waals surface area contributed by atoms with E-state index in [1.165, 1.54) is 7.11 Å². The normalized spacial score (nSPS) is 11.6. The Morgan fingerprint density at radius 1 is 1.25 bits per heavy atom. The number of fused-ring (bicyclic) bond motifs is 1. The van der Waals surface area contributed by atoms with Crippen LogP contribution in [0.15, 0.2) is 23.0 Å². The summed E-state index contributed by atoms with van der Waals surface area (Å²) in [6.45, 7) is 4.50. The molecule has 0 saturated heterocycles. The van der Waals surface area contributed by atoms with Crippen LogP contribution in [0.2, 0.25) is 0 Å². The lowest BCUT2D eigenvalue weighted by atomic mass is 10.2. The molecular formula is C22H23ClN2O6S. The van der Waals surface area contributed by atoms with Gasteiger partial charge in [-0.2, -0.15) is 0 Å². The average molecular weight is 479 g/mol. The number of carbonyl (C=O) groups excluding carboxylic acids is 1. The first-order valence-corrected chi connectivity index (χ1v) is 11.0. The van der Waals surface area contributed by atoms with Crippen LogP contribution in [0.5, 0.6) is 11.5 Å². The van der Waals surface area contributed by atoms with Gasteiger partial charge in [-0.3, -0.25) is 4.79 Å². The van der Waals surface area contributed by atoms with Crippen molar-refractivity contribution in [1.29, 1.82) is 0 Å². The number of thiophene rings is 1. The van der Waals surface area contributed by atoms with Crippen molar-refractivity contribution >= 4 is 50.2 Å². The Hall–Kier alpha value is -2.88. The van der Waals surface area contributed by atoms with Gasteiger partial charge in [0.05, 0.1) is 30.7 Å². The second kappa shape index (κ2) is 10.6. The van der Waals surface area contributed by atoms with Gasteiger partial charge in [0, 0.05) is 7.11 Å². The Balaban J connectivity index is 1.95. The van der Waals surface area contributed by atoms with Gasteiger partial charge in [-0.25, -0.2) is 9.78 Å². The molecule has 3 aromatic rings. The van der Waals surface area contributed by atoms with Crippen molar-refractivity contribution in [2.45, 2.75) is 13.8 Å². The van der Waals surface area contributed by atoms with Crippen molar-refractivity contribution in [3.8, 4) is 11.5 Å². The Labute approximate surface area is 193 Å². The molecule has 32 heavy (non-hydrogen) atoms. The Kier molecular flexibility index (Phi) is 7.89. The number of halogens is 1. The third-order valence-electron chi connectivity index (χ3n) is 4.51. The maximum atomic E-state index is 12.7. The number of H-pyrrole nitrogens is 1. The summed E-state index contributed by atoms with van der Waals surface area (Å²) in [6, 6.07) is 5.37. The number of aromatic nitrogens is 2. The second-order valence-electron chi connectivity index (χ2n) is 6.62. The van der Waals surface area contributed by atoms with E-state index in [0.717, 1.165) is 16.9 Å². The first-order chi connectivity index (χ1) is 15.4. The summed E-state index contributed by atoms with van der Waals surface area (Å²) in [4.78, 5) is 32.9. The van der Waals surface area contributed by atoms with Crippen molar-refractivity contribution in [3.63, 3.8) is 0 Å². The van der Waals surface area contributed by atoms with Crippen LogP contribution in [0, 0.1) is 6.92 Å². The lowest BCUT2D eigenvalue weighted by molar-refractivity contribution is 0.0393. The van der Waals surface area contributed by atoms with E-state index < -0.39 is 5.97 Å². The number of aryl methyl sites for hydroxylation is 1. The molecule has 0 radical (unpaired) electrons. The van der Waals surface area contributed by atoms with E-state index in [9.17, 15) is 9.59 Å². The first kappa shape index (κ1) is 23.8. The molecule has 10 heteroatoms. The summed E-state index contributed by atoms with van der Waals surface area (Å²) in [5.41, 5.74) is 0.873. The first-order valence-electron chi connectivity index (χ1n) is 9.77. The van der Waals surface area contributed by atoms with Gasteiger partial charge in [0.1, 0.15) is 16.3 Å². The minimum absolute atomic E-state index is 0.123. The molecule has 0 atom stereocenters. The molecule has 1 N–H and O–H groups in total. The third-order valence-corrected chi connectivity index (χ3v) is 5.97. The fraction of sp³-hybridized carbons (Fsp3) is 0.318. The van der Waals surface area contributed by atoms with Gasteiger partial charge < -0.3 is 23.9 Å². The predicted octanol–water partition coefficient (Wildman–Crippen LogP) is 4.24. The van der Waals surface area contributed by atoms with Crippen molar-refractivity contribution in [1.82, 2.24) is 9.97 Å². The van der Waals surface area contributed by atoms with Gasteiger partial charge in [0.2, 0.25) is 0 Å². The van der Waals surface area contributed by atoms with E-state index in [1.807, 2.05) is 13.0 Å². The van der Waals surface area contributed by atoms with E-state index in [1.54, 1.807) is 32.2 Å². The molecule has 0 aliphatic carbocycles. The summed E-state index contributed by atoms with van der Waals surface area (Å²) in [5.74, 6) is 0.854. The number of nitrogens with one attached hydrogen (secondary N) is 1. The Bertz CT molecular complexity index is 1220. The number of ether oxygens (including phenoxy) is 4. The van der Waals surface area contributed by atoms with Gasteiger partial charge in [0.15, 0.2) is 17.3 Å². The Morgan fingerprint density at radius 3 is 2.72 bits per heavy atom. The number of aromatic amines is 1. The summed E-state index contributed by atoms with van der Waals surface area (Å²) in [7, 11) is 3.07. The zero-order valence-electron chi connectivity index (χ0n) is 18.1. The summed E-state index contributed by atoms with van der Waals surface area (Å²) < 4.78 is 20.9. The molecule has 8 nitrogen and oxygen atoms in total. The molecule has 0 bridgehead atoms. The van der Waals surface area contributed by atoms with Crippen molar-refractivity contribution in [2.24, 2.45) is 0 Å². The lowest BCUT2D eigenvalue weighted by Gasteiger charge is -2.09. The molecule has 0 fully saturated rings. The maximum Gasteiger partial charge on any atom is 0.348 e. The van der Waals surface area contributed by atoms with Gasteiger partial charge in [-0.05, 0) is 43.2 Å². The van der Waals surface area contributed by atoms with Crippen LogP contribution in [0.4, 0.5) is 0 Å². The van der Waals surface area contributed by atoms with Crippen LogP contribution in [-0.2, 0) is 9.47 Å². The molecule has 0 aliphatic rings. The van der Waals surface area contributed by atoms with Crippen LogP contribution in [0.1, 0.15) is 33.5 Å². The molecule has 3 rings (SSSR count). The average Bonchev–Trinajstić information content (AvgIpc) is 3.12. The van der Waals surface area contributed by atoms with Crippen LogP contribution < -0.4 is 15.0 Å². The van der Waals surface area contributed by atoms with Crippen LogP contribution in [-0.4, -0.2) is 50.0 Å². The van der Waals surface area contributed by atoms with Gasteiger partial charge in [-0.15, -0.1) is 11.3 Å². The molecule has 0 spiro atoms. The van der Waals surface area contributed by atoms with E-state index in [4.69, 9.17) is 30.5 Å². The van der Waals surface area contributed by atoms with Crippen LogP contribution in [0.3, 0.4) is 0 Å². The molecule has 0 aliphatic heterocycles. The molecule has 0 unspecified atom stereocenters. The van der Waals surface area contributed by atoms with E-state index in [0.29, 0.717) is 38.8 Å². The number of carbonyl (C=O) groups is 1.